The summed E-state index contributed by atoms with van der Waals surface area (Å²) in [6.07, 6.45) is 1.43. The van der Waals surface area contributed by atoms with Crippen molar-refractivity contribution in [2.24, 2.45) is 11.8 Å². The maximum absolute atomic E-state index is 11.6. The van der Waals surface area contributed by atoms with Crippen LogP contribution in [-0.2, 0) is 0 Å². The van der Waals surface area contributed by atoms with Gasteiger partial charge in [-0.25, -0.2) is 4.79 Å². The Morgan fingerprint density at radius 2 is 2.18 bits per heavy atom. The maximum Gasteiger partial charge on any atom is 0.329 e. The van der Waals surface area contributed by atoms with Crippen molar-refractivity contribution in [2.45, 2.75) is 5.37 Å². The quantitative estimate of drug-likeness (QED) is 0.646. The highest BCUT2D eigenvalue weighted by molar-refractivity contribution is 7.99. The Balaban J connectivity index is 2.34. The van der Waals surface area contributed by atoms with Gasteiger partial charge in [0.25, 0.3) is 5.56 Å². The van der Waals surface area contributed by atoms with Gasteiger partial charge in [-0.05, 0) is 5.92 Å². The van der Waals surface area contributed by atoms with Gasteiger partial charge in [0.15, 0.2) is 0 Å². The molecular weight excluding hydrogens is 244 g/mol. The second kappa shape index (κ2) is 5.07. The molecule has 2 rings (SSSR count). The van der Waals surface area contributed by atoms with E-state index in [9.17, 15) is 19.8 Å². The molecule has 6 nitrogen and oxygen atoms in total. The molecular formula is C10H14N2O4S. The topological polar surface area (TPSA) is 95.3 Å². The van der Waals surface area contributed by atoms with Crippen LogP contribution in [0.5, 0.6) is 0 Å². The van der Waals surface area contributed by atoms with Crippen molar-refractivity contribution in [3.63, 3.8) is 0 Å². The molecule has 94 valence electrons. The Kier molecular flexibility index (Phi) is 3.70. The van der Waals surface area contributed by atoms with Gasteiger partial charge in [-0.1, -0.05) is 0 Å². The lowest BCUT2D eigenvalue weighted by Gasteiger charge is -2.21. The summed E-state index contributed by atoms with van der Waals surface area (Å²) >= 11 is 1.50. The van der Waals surface area contributed by atoms with Gasteiger partial charge >= 0.3 is 5.69 Å². The number of aromatic nitrogens is 2. The minimum Gasteiger partial charge on any atom is -0.396 e. The van der Waals surface area contributed by atoms with Gasteiger partial charge in [0, 0.05) is 37.1 Å². The smallest absolute Gasteiger partial charge is 0.329 e. The fourth-order valence-electron chi connectivity index (χ4n) is 2.04. The molecule has 0 bridgehead atoms. The summed E-state index contributed by atoms with van der Waals surface area (Å²) in [5.74, 6) is 0.500. The number of aliphatic hydroxyl groups excluding tert-OH is 2. The minimum atomic E-state index is -0.480. The average molecular weight is 258 g/mol. The van der Waals surface area contributed by atoms with Crippen LogP contribution >= 0.6 is 11.8 Å². The van der Waals surface area contributed by atoms with Crippen LogP contribution in [0, 0.1) is 11.8 Å². The molecule has 1 aromatic rings. The number of thioether (sulfide) groups is 1. The van der Waals surface area contributed by atoms with E-state index in [0.717, 1.165) is 0 Å². The summed E-state index contributed by atoms with van der Waals surface area (Å²) in [6.45, 7) is -0.0959. The Morgan fingerprint density at radius 3 is 2.76 bits per heavy atom. The summed E-state index contributed by atoms with van der Waals surface area (Å²) in [5.41, 5.74) is -0.916. The molecule has 0 saturated carbocycles. The largest absolute Gasteiger partial charge is 0.396 e. The fourth-order valence-corrected chi connectivity index (χ4v) is 3.72. The Labute approximate surface area is 101 Å². The first-order valence-corrected chi connectivity index (χ1v) is 6.37. The van der Waals surface area contributed by atoms with Gasteiger partial charge in [0.05, 0.1) is 5.37 Å². The Morgan fingerprint density at radius 1 is 1.41 bits per heavy atom. The lowest BCUT2D eigenvalue weighted by Crippen LogP contribution is -2.34. The third-order valence-electron chi connectivity index (χ3n) is 3.02. The van der Waals surface area contributed by atoms with E-state index >= 15 is 0 Å². The van der Waals surface area contributed by atoms with Crippen molar-refractivity contribution in [1.82, 2.24) is 9.55 Å². The van der Waals surface area contributed by atoms with Gasteiger partial charge in [-0.2, -0.15) is 0 Å². The second-order valence-electron chi connectivity index (χ2n) is 4.03. The van der Waals surface area contributed by atoms with Gasteiger partial charge in [-0.3, -0.25) is 14.3 Å². The Bertz CT molecular complexity index is 498. The number of rotatable bonds is 3. The van der Waals surface area contributed by atoms with E-state index < -0.39 is 11.2 Å². The van der Waals surface area contributed by atoms with Gasteiger partial charge in [-0.15, -0.1) is 11.8 Å². The number of aliphatic hydroxyl groups is 2. The summed E-state index contributed by atoms with van der Waals surface area (Å²) in [4.78, 5) is 24.8. The fraction of sp³-hybridized carbons (Fsp3) is 0.600. The standard InChI is InChI=1S/C10H14N2O4S/c13-3-6-5-17-9(7(6)4-14)12-2-1-8(15)11-10(12)16/h1-2,6-7,9,13-14H,3-5H2,(H,11,15,16)/t6-,7-,9+/m1/s1. The average Bonchev–Trinajstić information content (AvgIpc) is 2.71. The number of aromatic amines is 1. The Hall–Kier alpha value is -1.05. The molecule has 1 aliphatic rings. The predicted octanol–water partition coefficient (Wildman–Crippen LogP) is -1.00. The lowest BCUT2D eigenvalue weighted by atomic mass is 9.95. The van der Waals surface area contributed by atoms with Crippen molar-refractivity contribution in [1.29, 1.82) is 0 Å². The first-order valence-electron chi connectivity index (χ1n) is 5.32. The van der Waals surface area contributed by atoms with Crippen LogP contribution in [0.15, 0.2) is 21.9 Å². The molecule has 1 aliphatic heterocycles. The van der Waals surface area contributed by atoms with Crippen molar-refractivity contribution in [3.05, 3.63) is 33.1 Å². The highest BCUT2D eigenvalue weighted by atomic mass is 32.2. The van der Waals surface area contributed by atoms with Gasteiger partial charge in [0.2, 0.25) is 0 Å². The van der Waals surface area contributed by atoms with E-state index in [2.05, 4.69) is 4.98 Å². The van der Waals surface area contributed by atoms with Crippen molar-refractivity contribution in [2.75, 3.05) is 19.0 Å². The van der Waals surface area contributed by atoms with Crippen LogP contribution in [0.4, 0.5) is 0 Å². The van der Waals surface area contributed by atoms with E-state index in [1.807, 2.05) is 0 Å². The van der Waals surface area contributed by atoms with Crippen molar-refractivity contribution >= 4 is 11.8 Å². The summed E-state index contributed by atoms with van der Waals surface area (Å²) in [6, 6.07) is 1.28. The monoisotopic (exact) mass is 258 g/mol. The van der Waals surface area contributed by atoms with Crippen LogP contribution in [-0.4, -0.2) is 38.7 Å². The molecule has 0 unspecified atom stereocenters. The van der Waals surface area contributed by atoms with E-state index in [1.54, 1.807) is 0 Å². The molecule has 1 fully saturated rings. The maximum atomic E-state index is 11.6. The van der Waals surface area contributed by atoms with Crippen LogP contribution in [0.25, 0.3) is 0 Å². The number of hydrogen-bond acceptors (Lipinski definition) is 5. The number of nitrogens with one attached hydrogen (secondary N) is 1. The highest BCUT2D eigenvalue weighted by Gasteiger charge is 2.37. The molecule has 7 heteroatoms. The normalized spacial score (nSPS) is 28.5. The zero-order valence-corrected chi connectivity index (χ0v) is 9.89. The molecule has 0 spiro atoms. The van der Waals surface area contributed by atoms with Gasteiger partial charge in [0.1, 0.15) is 0 Å². The van der Waals surface area contributed by atoms with Gasteiger partial charge < -0.3 is 10.2 Å². The summed E-state index contributed by atoms with van der Waals surface area (Å²) < 4.78 is 1.41. The summed E-state index contributed by atoms with van der Waals surface area (Å²) in [7, 11) is 0. The van der Waals surface area contributed by atoms with Crippen LogP contribution < -0.4 is 11.2 Å². The van der Waals surface area contributed by atoms with E-state index in [4.69, 9.17) is 0 Å². The number of nitrogens with zero attached hydrogens (tertiary/aromatic N) is 1. The summed E-state index contributed by atoms with van der Waals surface area (Å²) in [5, 5.41) is 18.3. The highest BCUT2D eigenvalue weighted by Crippen LogP contribution is 2.43. The van der Waals surface area contributed by atoms with Crippen molar-refractivity contribution in [3.8, 4) is 0 Å². The third kappa shape index (κ3) is 2.31. The molecule has 17 heavy (non-hydrogen) atoms. The first kappa shape index (κ1) is 12.4. The van der Waals surface area contributed by atoms with Crippen LogP contribution in [0.2, 0.25) is 0 Å². The van der Waals surface area contributed by atoms with E-state index in [1.165, 1.54) is 28.6 Å². The molecule has 1 saturated heterocycles. The molecule has 3 atom stereocenters. The van der Waals surface area contributed by atoms with Crippen LogP contribution in [0.3, 0.4) is 0 Å². The van der Waals surface area contributed by atoms with Crippen LogP contribution in [0.1, 0.15) is 5.37 Å². The molecule has 0 radical (unpaired) electrons. The molecule has 0 aliphatic carbocycles. The van der Waals surface area contributed by atoms with E-state index in [0.29, 0.717) is 5.75 Å². The van der Waals surface area contributed by atoms with E-state index in [-0.39, 0.29) is 30.4 Å². The molecule has 3 N–H and O–H groups in total. The minimum absolute atomic E-state index is 0.00711. The molecule has 0 aromatic carbocycles. The lowest BCUT2D eigenvalue weighted by molar-refractivity contribution is 0.126. The number of H-pyrrole nitrogens is 1. The first-order chi connectivity index (χ1) is 8.17. The molecule has 2 heterocycles. The predicted molar refractivity (Wildman–Crippen MR) is 64.0 cm³/mol. The molecule has 0 amide bonds. The second-order valence-corrected chi connectivity index (χ2v) is 5.18. The SMILES string of the molecule is O=c1ccn([C@H]2SC[C@@H](CO)[C@H]2CO)c(=O)[nH]1. The third-order valence-corrected chi connectivity index (χ3v) is 4.56. The number of hydrogen-bond donors (Lipinski definition) is 3. The molecule has 1 aromatic heterocycles. The zero-order chi connectivity index (χ0) is 12.4. The zero-order valence-electron chi connectivity index (χ0n) is 9.07. The van der Waals surface area contributed by atoms with Crippen molar-refractivity contribution < 1.29 is 10.2 Å².